The minimum absolute atomic E-state index is 0.0290. The number of hydrogen-bond donors (Lipinski definition) is 2. The van der Waals surface area contributed by atoms with Crippen molar-refractivity contribution in [2.75, 3.05) is 0 Å². The molecule has 1 saturated carbocycles. The summed E-state index contributed by atoms with van der Waals surface area (Å²) in [4.78, 5) is 33.3. The zero-order valence-corrected chi connectivity index (χ0v) is 18.5. The van der Waals surface area contributed by atoms with Gasteiger partial charge >= 0.3 is 0 Å². The van der Waals surface area contributed by atoms with Crippen molar-refractivity contribution in [3.8, 4) is 5.88 Å². The maximum absolute atomic E-state index is 13.5. The van der Waals surface area contributed by atoms with Gasteiger partial charge in [-0.3, -0.25) is 19.3 Å². The molecule has 1 aliphatic rings. The standard InChI is InChI=1S/C24H23FN6O3/c1-31-22-14(12-28-31)10-19(21(26)32)24(30-22)34-18-5-3-17(4-6-18)29-23(33)15-8-13-9-16(25)2-7-20(13)27-11-15/h2,7-12,17-18H,3-6H2,1H3,(H2,26,32)(H,29,33). The van der Waals surface area contributed by atoms with E-state index < -0.39 is 5.91 Å². The SMILES string of the molecule is Cn1ncc2cc(C(N)=O)c(OC3CCC(NC(=O)c4cnc5ccc(F)cc5c4)CC3)nc21. The number of nitrogens with one attached hydrogen (secondary N) is 1. The van der Waals surface area contributed by atoms with Crippen molar-refractivity contribution in [1.82, 2.24) is 25.1 Å². The molecule has 3 N–H and O–H groups in total. The Kier molecular flexibility index (Phi) is 5.56. The van der Waals surface area contributed by atoms with Crippen molar-refractivity contribution in [1.29, 1.82) is 0 Å². The number of fused-ring (bicyclic) bond motifs is 2. The lowest BCUT2D eigenvalue weighted by atomic mass is 9.92. The molecule has 3 aromatic heterocycles. The van der Waals surface area contributed by atoms with Gasteiger partial charge in [0.05, 0.1) is 17.3 Å². The smallest absolute Gasteiger partial charge is 0.254 e. The molecular formula is C24H23FN6O3. The molecule has 1 aromatic carbocycles. The molecule has 3 heterocycles. The summed E-state index contributed by atoms with van der Waals surface area (Å²) in [6, 6.07) is 7.53. The van der Waals surface area contributed by atoms with Crippen LogP contribution in [0.1, 0.15) is 46.4 Å². The number of aromatic nitrogens is 4. The molecule has 1 fully saturated rings. The number of carbonyl (C=O) groups excluding carboxylic acids is 2. The Labute approximate surface area is 194 Å². The van der Waals surface area contributed by atoms with Gasteiger partial charge in [0.2, 0.25) is 5.88 Å². The molecule has 34 heavy (non-hydrogen) atoms. The number of carbonyl (C=O) groups is 2. The highest BCUT2D eigenvalue weighted by atomic mass is 19.1. The van der Waals surface area contributed by atoms with E-state index in [9.17, 15) is 14.0 Å². The Hall–Kier alpha value is -4.08. The number of rotatable bonds is 5. The topological polar surface area (TPSA) is 125 Å². The van der Waals surface area contributed by atoms with E-state index in [0.29, 0.717) is 53.2 Å². The summed E-state index contributed by atoms with van der Waals surface area (Å²) in [6.07, 6.45) is 5.71. The van der Waals surface area contributed by atoms with Gasteiger partial charge in [0.25, 0.3) is 11.8 Å². The second kappa shape index (κ2) is 8.69. The zero-order chi connectivity index (χ0) is 23.8. The van der Waals surface area contributed by atoms with Crippen molar-refractivity contribution in [2.45, 2.75) is 37.8 Å². The van der Waals surface area contributed by atoms with Crippen LogP contribution in [0.4, 0.5) is 4.39 Å². The highest BCUT2D eigenvalue weighted by Crippen LogP contribution is 2.27. The largest absolute Gasteiger partial charge is 0.474 e. The maximum atomic E-state index is 13.5. The summed E-state index contributed by atoms with van der Waals surface area (Å²) in [5.41, 5.74) is 7.37. The number of primary amides is 1. The third kappa shape index (κ3) is 4.26. The van der Waals surface area contributed by atoms with E-state index in [1.807, 2.05) is 0 Å². The van der Waals surface area contributed by atoms with E-state index in [4.69, 9.17) is 10.5 Å². The van der Waals surface area contributed by atoms with Crippen LogP contribution in [0.25, 0.3) is 21.9 Å². The van der Waals surface area contributed by atoms with Gasteiger partial charge < -0.3 is 15.8 Å². The summed E-state index contributed by atoms with van der Waals surface area (Å²) in [5, 5.41) is 8.46. The van der Waals surface area contributed by atoms with E-state index in [0.717, 1.165) is 0 Å². The van der Waals surface area contributed by atoms with Crippen LogP contribution in [0.5, 0.6) is 5.88 Å². The molecule has 10 heteroatoms. The number of nitrogens with two attached hydrogens (primary N) is 1. The number of halogens is 1. The first-order valence-corrected chi connectivity index (χ1v) is 11.0. The van der Waals surface area contributed by atoms with Crippen LogP contribution >= 0.6 is 0 Å². The van der Waals surface area contributed by atoms with Crippen LogP contribution in [0.3, 0.4) is 0 Å². The van der Waals surface area contributed by atoms with Crippen LogP contribution in [0.15, 0.2) is 42.7 Å². The average Bonchev–Trinajstić information content (AvgIpc) is 3.19. The quantitative estimate of drug-likeness (QED) is 0.470. The fraction of sp³-hybridized carbons (Fsp3) is 0.292. The molecule has 0 saturated heterocycles. The van der Waals surface area contributed by atoms with Crippen LogP contribution < -0.4 is 15.8 Å². The third-order valence-electron chi connectivity index (χ3n) is 6.13. The van der Waals surface area contributed by atoms with Gasteiger partial charge in [-0.2, -0.15) is 10.1 Å². The predicted molar refractivity (Wildman–Crippen MR) is 123 cm³/mol. The molecule has 4 aromatic rings. The number of pyridine rings is 2. The normalized spacial score (nSPS) is 18.2. The van der Waals surface area contributed by atoms with Crippen molar-refractivity contribution >= 4 is 33.8 Å². The molecule has 0 spiro atoms. The molecule has 9 nitrogen and oxygen atoms in total. The average molecular weight is 462 g/mol. The second-order valence-electron chi connectivity index (χ2n) is 8.51. The van der Waals surface area contributed by atoms with Gasteiger partial charge in [-0.25, -0.2) is 4.39 Å². The number of hydrogen-bond acceptors (Lipinski definition) is 6. The van der Waals surface area contributed by atoms with Gasteiger partial charge in [-0.15, -0.1) is 0 Å². The van der Waals surface area contributed by atoms with Crippen molar-refractivity contribution in [3.63, 3.8) is 0 Å². The highest BCUT2D eigenvalue weighted by Gasteiger charge is 2.26. The lowest BCUT2D eigenvalue weighted by molar-refractivity contribution is 0.0881. The summed E-state index contributed by atoms with van der Waals surface area (Å²) in [7, 11) is 1.76. The molecule has 0 bridgehead atoms. The lowest BCUT2D eigenvalue weighted by Crippen LogP contribution is -2.40. The van der Waals surface area contributed by atoms with E-state index >= 15 is 0 Å². The number of aryl methyl sites for hydroxylation is 1. The summed E-state index contributed by atoms with van der Waals surface area (Å²) in [5.74, 6) is -1.03. The first kappa shape index (κ1) is 21.7. The molecule has 5 rings (SSSR count). The Bertz CT molecular complexity index is 1410. The minimum atomic E-state index is -0.613. The van der Waals surface area contributed by atoms with Gasteiger partial charge in [0, 0.05) is 30.1 Å². The molecule has 1 aliphatic carbocycles. The third-order valence-corrected chi connectivity index (χ3v) is 6.13. The van der Waals surface area contributed by atoms with Crippen molar-refractivity contribution in [3.05, 3.63) is 59.7 Å². The van der Waals surface area contributed by atoms with Crippen molar-refractivity contribution < 1.29 is 18.7 Å². The monoisotopic (exact) mass is 462 g/mol. The van der Waals surface area contributed by atoms with E-state index in [1.54, 1.807) is 36.1 Å². The summed E-state index contributed by atoms with van der Waals surface area (Å²) in [6.45, 7) is 0. The van der Waals surface area contributed by atoms with Gasteiger partial charge in [0.15, 0.2) is 5.65 Å². The van der Waals surface area contributed by atoms with Gasteiger partial charge in [-0.05, 0) is 56.0 Å². The number of ether oxygens (including phenoxy) is 1. The molecule has 174 valence electrons. The van der Waals surface area contributed by atoms with Gasteiger partial charge in [0.1, 0.15) is 17.5 Å². The molecule has 0 unspecified atom stereocenters. The Balaban J connectivity index is 1.23. The van der Waals surface area contributed by atoms with Gasteiger partial charge in [-0.1, -0.05) is 0 Å². The Morgan fingerprint density at radius 1 is 1.12 bits per heavy atom. The number of benzene rings is 1. The minimum Gasteiger partial charge on any atom is -0.474 e. The molecule has 0 radical (unpaired) electrons. The molecular weight excluding hydrogens is 439 g/mol. The fourth-order valence-corrected chi connectivity index (χ4v) is 4.31. The van der Waals surface area contributed by atoms with Crippen LogP contribution in [-0.4, -0.2) is 43.7 Å². The Morgan fingerprint density at radius 3 is 2.68 bits per heavy atom. The van der Waals surface area contributed by atoms with Crippen LogP contribution in [0.2, 0.25) is 0 Å². The number of nitrogens with zero attached hydrogens (tertiary/aromatic N) is 4. The van der Waals surface area contributed by atoms with E-state index in [-0.39, 0.29) is 35.3 Å². The van der Waals surface area contributed by atoms with E-state index in [1.165, 1.54) is 18.3 Å². The highest BCUT2D eigenvalue weighted by molar-refractivity contribution is 5.98. The Morgan fingerprint density at radius 2 is 1.91 bits per heavy atom. The summed E-state index contributed by atoms with van der Waals surface area (Å²) < 4.78 is 21.2. The lowest BCUT2D eigenvalue weighted by Gasteiger charge is -2.29. The first-order chi connectivity index (χ1) is 16.4. The molecule has 2 amide bonds. The van der Waals surface area contributed by atoms with Crippen LogP contribution in [-0.2, 0) is 7.05 Å². The fourth-order valence-electron chi connectivity index (χ4n) is 4.31. The first-order valence-electron chi connectivity index (χ1n) is 11.0. The van der Waals surface area contributed by atoms with Crippen molar-refractivity contribution in [2.24, 2.45) is 12.8 Å². The molecule has 0 aliphatic heterocycles. The van der Waals surface area contributed by atoms with E-state index in [2.05, 4.69) is 20.4 Å². The van der Waals surface area contributed by atoms with Crippen LogP contribution in [0, 0.1) is 5.82 Å². The summed E-state index contributed by atoms with van der Waals surface area (Å²) >= 11 is 0. The second-order valence-corrected chi connectivity index (χ2v) is 8.51. The molecule has 0 atom stereocenters. The zero-order valence-electron chi connectivity index (χ0n) is 18.5. The predicted octanol–water partition coefficient (Wildman–Crippen LogP) is 2.87. The number of amides is 2. The maximum Gasteiger partial charge on any atom is 0.254 e.